The van der Waals surface area contributed by atoms with Crippen molar-refractivity contribution in [3.05, 3.63) is 71.8 Å². The van der Waals surface area contributed by atoms with E-state index in [9.17, 15) is 4.79 Å². The number of ether oxygens (including phenoxy) is 1. The molecule has 0 amide bonds. The Morgan fingerprint density at radius 1 is 0.958 bits per heavy atom. The largest absolute Gasteiger partial charge is 0.464 e. The first kappa shape index (κ1) is 17.9. The van der Waals surface area contributed by atoms with Gasteiger partial charge in [0.05, 0.1) is 12.3 Å². The minimum Gasteiger partial charge on any atom is -0.464 e. The second-order valence-corrected chi connectivity index (χ2v) is 6.11. The van der Waals surface area contributed by atoms with Crippen LogP contribution in [0.15, 0.2) is 65.7 Å². The molecule has 0 unspecified atom stereocenters. The zero-order chi connectivity index (χ0) is 17.4. The molecule has 0 heterocycles. The number of carbonyl (C=O) groups excluding carboxylic acids is 1. The van der Waals surface area contributed by atoms with Crippen molar-refractivity contribution in [1.82, 2.24) is 0 Å². The minimum absolute atomic E-state index is 0.254. The molecule has 24 heavy (non-hydrogen) atoms. The highest BCUT2D eigenvalue weighted by molar-refractivity contribution is 6.13. The van der Waals surface area contributed by atoms with Gasteiger partial charge in [0.25, 0.3) is 0 Å². The fraction of sp³-hybridized carbons (Fsp3) is 0.333. The summed E-state index contributed by atoms with van der Waals surface area (Å²) >= 11 is 0. The second-order valence-electron chi connectivity index (χ2n) is 6.11. The van der Waals surface area contributed by atoms with Crippen LogP contribution in [0.2, 0.25) is 0 Å². The van der Waals surface area contributed by atoms with Gasteiger partial charge < -0.3 is 4.74 Å². The van der Waals surface area contributed by atoms with Crippen molar-refractivity contribution < 1.29 is 9.53 Å². The summed E-state index contributed by atoms with van der Waals surface area (Å²) in [6.45, 7) is 6.37. The van der Waals surface area contributed by atoms with Crippen LogP contribution in [0.25, 0.3) is 0 Å². The maximum Gasteiger partial charge on any atom is 0.330 e. The topological polar surface area (TPSA) is 38.7 Å². The molecule has 0 bridgehead atoms. The van der Waals surface area contributed by atoms with Crippen molar-refractivity contribution in [3.8, 4) is 0 Å². The predicted molar refractivity (Wildman–Crippen MR) is 98.4 cm³/mol. The Morgan fingerprint density at radius 2 is 1.46 bits per heavy atom. The molecule has 0 N–H and O–H groups in total. The zero-order valence-electron chi connectivity index (χ0n) is 14.6. The summed E-state index contributed by atoms with van der Waals surface area (Å²) < 4.78 is 5.23. The molecule has 0 aromatic heterocycles. The van der Waals surface area contributed by atoms with Gasteiger partial charge in [-0.25, -0.2) is 4.79 Å². The Labute approximate surface area is 144 Å². The summed E-state index contributed by atoms with van der Waals surface area (Å²) in [5.41, 5.74) is 2.83. The van der Waals surface area contributed by atoms with Crippen LogP contribution in [-0.4, -0.2) is 24.3 Å². The van der Waals surface area contributed by atoms with Crippen LogP contribution in [0.3, 0.4) is 0 Å². The normalized spacial score (nSPS) is 11.8. The Morgan fingerprint density at radius 3 is 1.88 bits per heavy atom. The molecule has 2 aromatic carbocycles. The molecule has 3 heteroatoms. The van der Waals surface area contributed by atoms with Crippen molar-refractivity contribution in [2.24, 2.45) is 10.9 Å². The zero-order valence-corrected chi connectivity index (χ0v) is 14.6. The van der Waals surface area contributed by atoms with Crippen LogP contribution in [0.4, 0.5) is 0 Å². The Balaban J connectivity index is 2.46. The monoisotopic (exact) mass is 323 g/mol. The molecular formula is C21H25NO2. The van der Waals surface area contributed by atoms with Gasteiger partial charge in [0.2, 0.25) is 0 Å². The smallest absolute Gasteiger partial charge is 0.330 e. The molecule has 0 saturated carbocycles. The van der Waals surface area contributed by atoms with E-state index < -0.39 is 6.04 Å². The number of esters is 1. The molecule has 0 aliphatic heterocycles. The lowest BCUT2D eigenvalue weighted by Crippen LogP contribution is -2.25. The number of rotatable bonds is 7. The van der Waals surface area contributed by atoms with Crippen LogP contribution in [0, 0.1) is 5.92 Å². The molecule has 3 nitrogen and oxygen atoms in total. The minimum atomic E-state index is -0.486. The summed E-state index contributed by atoms with van der Waals surface area (Å²) in [6.07, 6.45) is 0.669. The standard InChI is InChI=1S/C21H25NO2/c1-4-24-21(23)19(15-16(2)3)22-20(17-11-7-5-8-12-17)18-13-9-6-10-14-18/h5-14,16,19H,4,15H2,1-3H3/t19-/m1/s1. The average molecular weight is 323 g/mol. The van der Waals surface area contributed by atoms with Gasteiger partial charge >= 0.3 is 5.97 Å². The maximum absolute atomic E-state index is 12.3. The highest BCUT2D eigenvalue weighted by atomic mass is 16.5. The quantitative estimate of drug-likeness (QED) is 0.556. The Kier molecular flexibility index (Phi) is 6.74. The molecule has 0 aliphatic rings. The predicted octanol–water partition coefficient (Wildman–Crippen LogP) is 4.50. The molecule has 0 aliphatic carbocycles. The fourth-order valence-electron chi connectivity index (χ4n) is 2.55. The fourth-order valence-corrected chi connectivity index (χ4v) is 2.55. The van der Waals surface area contributed by atoms with E-state index >= 15 is 0 Å². The Bertz CT molecular complexity index is 621. The SMILES string of the molecule is CCOC(=O)[C@@H](CC(C)C)N=C(c1ccccc1)c1ccccc1. The summed E-state index contributed by atoms with van der Waals surface area (Å²) in [6, 6.07) is 19.5. The molecule has 0 saturated heterocycles. The first-order valence-electron chi connectivity index (χ1n) is 8.47. The summed E-state index contributed by atoms with van der Waals surface area (Å²) in [5.74, 6) is 0.103. The van der Waals surface area contributed by atoms with Crippen LogP contribution >= 0.6 is 0 Å². The molecule has 126 valence electrons. The lowest BCUT2D eigenvalue weighted by molar-refractivity contribution is -0.144. The van der Waals surface area contributed by atoms with E-state index in [-0.39, 0.29) is 5.97 Å². The molecule has 0 radical (unpaired) electrons. The van der Waals surface area contributed by atoms with E-state index in [0.717, 1.165) is 16.8 Å². The molecule has 0 fully saturated rings. The summed E-state index contributed by atoms with van der Waals surface area (Å²) in [5, 5.41) is 0. The summed E-state index contributed by atoms with van der Waals surface area (Å²) in [7, 11) is 0. The van der Waals surface area contributed by atoms with E-state index in [4.69, 9.17) is 9.73 Å². The highest BCUT2D eigenvalue weighted by Crippen LogP contribution is 2.16. The van der Waals surface area contributed by atoms with Crippen LogP contribution < -0.4 is 0 Å². The molecule has 2 aromatic rings. The lowest BCUT2D eigenvalue weighted by atomic mass is 10.00. The van der Waals surface area contributed by atoms with Crippen molar-refractivity contribution >= 4 is 11.7 Å². The van der Waals surface area contributed by atoms with Crippen molar-refractivity contribution in [2.75, 3.05) is 6.61 Å². The lowest BCUT2D eigenvalue weighted by Gasteiger charge is -2.16. The Hall–Kier alpha value is -2.42. The van der Waals surface area contributed by atoms with Gasteiger partial charge in [-0.3, -0.25) is 4.99 Å². The van der Waals surface area contributed by atoms with E-state index in [1.54, 1.807) is 0 Å². The number of aliphatic imine (C=N–C) groups is 1. The second kappa shape index (κ2) is 9.02. The van der Waals surface area contributed by atoms with Gasteiger partial charge in [-0.05, 0) is 19.3 Å². The molecule has 1 atom stereocenters. The van der Waals surface area contributed by atoms with Crippen molar-refractivity contribution in [1.29, 1.82) is 0 Å². The summed E-state index contributed by atoms with van der Waals surface area (Å²) in [4.78, 5) is 17.2. The van der Waals surface area contributed by atoms with Crippen molar-refractivity contribution in [3.63, 3.8) is 0 Å². The number of carbonyl (C=O) groups is 1. The number of hydrogen-bond donors (Lipinski definition) is 0. The van der Waals surface area contributed by atoms with Crippen LogP contribution in [-0.2, 0) is 9.53 Å². The van der Waals surface area contributed by atoms with Gasteiger partial charge in [-0.1, -0.05) is 74.5 Å². The van der Waals surface area contributed by atoms with Crippen molar-refractivity contribution in [2.45, 2.75) is 33.2 Å². The third kappa shape index (κ3) is 5.05. The van der Waals surface area contributed by atoms with E-state index in [1.165, 1.54) is 0 Å². The van der Waals surface area contributed by atoms with Gasteiger partial charge in [-0.15, -0.1) is 0 Å². The maximum atomic E-state index is 12.3. The van der Waals surface area contributed by atoms with Crippen LogP contribution in [0.5, 0.6) is 0 Å². The molecule has 2 rings (SSSR count). The van der Waals surface area contributed by atoms with Gasteiger partial charge in [0, 0.05) is 11.1 Å². The third-order valence-corrected chi connectivity index (χ3v) is 3.63. The van der Waals surface area contributed by atoms with Crippen LogP contribution in [0.1, 0.15) is 38.3 Å². The van der Waals surface area contributed by atoms with E-state index in [0.29, 0.717) is 18.9 Å². The highest BCUT2D eigenvalue weighted by Gasteiger charge is 2.22. The van der Waals surface area contributed by atoms with Gasteiger partial charge in [0.15, 0.2) is 0 Å². The molecule has 0 spiro atoms. The third-order valence-electron chi connectivity index (χ3n) is 3.63. The first-order valence-corrected chi connectivity index (χ1v) is 8.47. The first-order chi connectivity index (χ1) is 11.6. The number of benzene rings is 2. The van der Waals surface area contributed by atoms with E-state index in [2.05, 4.69) is 13.8 Å². The molecular weight excluding hydrogens is 298 g/mol. The van der Waals surface area contributed by atoms with Gasteiger partial charge in [0.1, 0.15) is 6.04 Å². The number of hydrogen-bond acceptors (Lipinski definition) is 3. The van der Waals surface area contributed by atoms with E-state index in [1.807, 2.05) is 67.6 Å². The number of nitrogens with zero attached hydrogens (tertiary/aromatic N) is 1. The van der Waals surface area contributed by atoms with Gasteiger partial charge in [-0.2, -0.15) is 0 Å². The average Bonchev–Trinajstić information content (AvgIpc) is 2.60.